The number of Topliss-reactive ketones (excluding diaryl/α,β-unsaturated/α-hetero) is 1. The number of nitrogens with two attached hydrogens (primary N) is 1. The van der Waals surface area contributed by atoms with Crippen molar-refractivity contribution in [3.63, 3.8) is 0 Å². The number of carbonyl (C=O) groups excluding carboxylic acids is 3. The van der Waals surface area contributed by atoms with E-state index in [-0.39, 0.29) is 54.9 Å². The van der Waals surface area contributed by atoms with Crippen LogP contribution in [0.25, 0.3) is 22.5 Å². The van der Waals surface area contributed by atoms with Crippen molar-refractivity contribution < 1.29 is 28.7 Å². The van der Waals surface area contributed by atoms with Crippen molar-refractivity contribution in [3.8, 4) is 39.8 Å². The first-order valence-corrected chi connectivity index (χ1v) is 14.2. The molecule has 0 aliphatic carbocycles. The monoisotopic (exact) mass is 598 g/mol. The molecule has 44 heavy (non-hydrogen) atoms. The zero-order valence-electron chi connectivity index (χ0n) is 24.8. The molecule has 0 unspecified atom stereocenters. The lowest BCUT2D eigenvalue weighted by Crippen LogP contribution is -2.35. The second-order valence-electron chi connectivity index (χ2n) is 10.3. The van der Waals surface area contributed by atoms with Gasteiger partial charge < -0.3 is 24.5 Å². The van der Waals surface area contributed by atoms with Crippen molar-refractivity contribution in [3.05, 3.63) is 71.8 Å². The minimum atomic E-state index is -0.231. The fourth-order valence-electron chi connectivity index (χ4n) is 5.25. The lowest BCUT2D eigenvalue weighted by molar-refractivity contribution is -0.121. The lowest BCUT2D eigenvalue weighted by Gasteiger charge is -2.28. The van der Waals surface area contributed by atoms with Crippen molar-refractivity contribution in [2.45, 2.75) is 32.7 Å². The first-order chi connectivity index (χ1) is 21.3. The molecule has 2 heterocycles. The van der Waals surface area contributed by atoms with Crippen molar-refractivity contribution in [1.82, 2.24) is 20.3 Å². The van der Waals surface area contributed by atoms with Gasteiger partial charge in [0.1, 0.15) is 5.69 Å². The molecule has 12 heteroatoms. The Bertz CT molecular complexity index is 1700. The van der Waals surface area contributed by atoms with Crippen LogP contribution in [0.3, 0.4) is 0 Å². The molecule has 3 N–H and O–H groups in total. The maximum Gasteiger partial charge on any atom is 0.229 e. The van der Waals surface area contributed by atoms with Crippen LogP contribution in [-0.4, -0.2) is 52.9 Å². The zero-order valence-corrected chi connectivity index (χ0v) is 24.8. The number of hydrogen-bond donors (Lipinski definition) is 2. The molecule has 0 spiro atoms. The van der Waals surface area contributed by atoms with E-state index in [0.29, 0.717) is 30.2 Å². The van der Waals surface area contributed by atoms with Crippen molar-refractivity contribution in [2.24, 2.45) is 12.9 Å². The van der Waals surface area contributed by atoms with Crippen LogP contribution in [0.1, 0.15) is 42.1 Å². The standard InChI is InChI=1S/C32H34N6O6/c1-20(39)24-17-27(42-3)28(18-26(24)44-33)43-16-8-13-29(40)34-15-14-30(41)38-19-21-9-4-5-10-22(21)32-31(35-36-37(32)2)23-11-6-7-12-25(23)38/h4-7,9-12,17-18H,8,13-16,19,33H2,1-3H3,(H,34,40). The molecule has 5 rings (SSSR count). The molecule has 1 aliphatic heterocycles. The van der Waals surface area contributed by atoms with Gasteiger partial charge in [-0.1, -0.05) is 47.7 Å². The molecule has 12 nitrogen and oxygen atoms in total. The number of nitrogens with one attached hydrogen (secondary N) is 1. The van der Waals surface area contributed by atoms with Gasteiger partial charge in [0.25, 0.3) is 0 Å². The summed E-state index contributed by atoms with van der Waals surface area (Å²) in [5, 5.41) is 11.5. The summed E-state index contributed by atoms with van der Waals surface area (Å²) in [5.41, 5.74) is 5.39. The summed E-state index contributed by atoms with van der Waals surface area (Å²) < 4.78 is 12.8. The third-order valence-electron chi connectivity index (χ3n) is 7.42. The smallest absolute Gasteiger partial charge is 0.229 e. The second kappa shape index (κ2) is 13.4. The first kappa shape index (κ1) is 30.2. The Kier molecular flexibility index (Phi) is 9.20. The molecule has 228 valence electrons. The van der Waals surface area contributed by atoms with Gasteiger partial charge in [-0.25, -0.2) is 4.68 Å². The molecular formula is C32H34N6O6. The number of benzene rings is 3. The van der Waals surface area contributed by atoms with Gasteiger partial charge in [0, 0.05) is 43.6 Å². The van der Waals surface area contributed by atoms with E-state index < -0.39 is 0 Å². The van der Waals surface area contributed by atoms with Gasteiger partial charge in [-0.3, -0.25) is 14.4 Å². The number of carbonyl (C=O) groups is 3. The molecule has 3 aromatic carbocycles. The van der Waals surface area contributed by atoms with E-state index in [9.17, 15) is 14.4 Å². The van der Waals surface area contributed by atoms with Crippen molar-refractivity contribution in [2.75, 3.05) is 25.2 Å². The van der Waals surface area contributed by atoms with Crippen molar-refractivity contribution in [1.29, 1.82) is 0 Å². The predicted octanol–water partition coefficient (Wildman–Crippen LogP) is 3.82. The van der Waals surface area contributed by atoms with Gasteiger partial charge in [0.05, 0.1) is 37.2 Å². The van der Waals surface area contributed by atoms with Crippen LogP contribution in [0.15, 0.2) is 60.7 Å². The fourth-order valence-corrected chi connectivity index (χ4v) is 5.25. The van der Waals surface area contributed by atoms with Gasteiger partial charge in [-0.05, 0) is 31.0 Å². The summed E-state index contributed by atoms with van der Waals surface area (Å²) in [4.78, 5) is 44.5. The van der Waals surface area contributed by atoms with Crippen LogP contribution in [0.2, 0.25) is 0 Å². The average molecular weight is 599 g/mol. The first-order valence-electron chi connectivity index (χ1n) is 14.2. The van der Waals surface area contributed by atoms with E-state index in [2.05, 4.69) is 15.6 Å². The third-order valence-corrected chi connectivity index (χ3v) is 7.42. The number of fused-ring (bicyclic) bond motifs is 5. The van der Waals surface area contributed by atoms with Gasteiger partial charge in [-0.15, -0.1) is 5.10 Å². The van der Waals surface area contributed by atoms with Crippen LogP contribution in [0, 0.1) is 0 Å². The number of rotatable bonds is 11. The van der Waals surface area contributed by atoms with E-state index >= 15 is 0 Å². The summed E-state index contributed by atoms with van der Waals surface area (Å²) in [6.07, 6.45) is 0.720. The van der Waals surface area contributed by atoms with Crippen LogP contribution in [0.4, 0.5) is 5.69 Å². The number of methoxy groups -OCH3 is 1. The Morgan fingerprint density at radius 3 is 2.48 bits per heavy atom. The zero-order chi connectivity index (χ0) is 31.2. The van der Waals surface area contributed by atoms with Gasteiger partial charge in [0.15, 0.2) is 23.0 Å². The number of ether oxygens (including phenoxy) is 2. The Hall–Kier alpha value is -5.23. The predicted molar refractivity (Wildman–Crippen MR) is 163 cm³/mol. The van der Waals surface area contributed by atoms with E-state index in [1.165, 1.54) is 26.2 Å². The summed E-state index contributed by atoms with van der Waals surface area (Å²) in [6.45, 7) is 2.16. The molecule has 4 aromatic rings. The van der Waals surface area contributed by atoms with Crippen LogP contribution >= 0.6 is 0 Å². The van der Waals surface area contributed by atoms with Gasteiger partial charge in [0.2, 0.25) is 11.8 Å². The quantitative estimate of drug-likeness (QED) is 0.149. The molecule has 0 bridgehead atoms. The van der Waals surface area contributed by atoms with Crippen molar-refractivity contribution >= 4 is 23.3 Å². The van der Waals surface area contributed by atoms with E-state index in [1.807, 2.05) is 55.6 Å². The van der Waals surface area contributed by atoms with Gasteiger partial charge >= 0.3 is 0 Å². The average Bonchev–Trinajstić information content (AvgIpc) is 3.40. The van der Waals surface area contributed by atoms with Crippen LogP contribution in [-0.2, 0) is 23.2 Å². The number of anilines is 1. The Balaban J connectivity index is 1.18. The largest absolute Gasteiger partial charge is 0.493 e. The number of ketones is 1. The lowest BCUT2D eigenvalue weighted by atomic mass is 9.95. The number of aromatic nitrogens is 3. The maximum atomic E-state index is 13.6. The molecule has 2 amide bonds. The molecule has 0 radical (unpaired) electrons. The SMILES string of the molecule is COc1cc(C(C)=O)c(ON)cc1OCCCC(=O)NCCC(=O)N1Cc2ccccc2-c2c(nnn2C)-c2ccccc21. The molecule has 0 atom stereocenters. The minimum absolute atomic E-state index is 0.119. The van der Waals surface area contributed by atoms with Gasteiger partial charge in [-0.2, -0.15) is 5.90 Å². The summed E-state index contributed by atoms with van der Waals surface area (Å²) in [7, 11) is 3.32. The highest BCUT2D eigenvalue weighted by Crippen LogP contribution is 2.40. The molecule has 0 saturated heterocycles. The highest BCUT2D eigenvalue weighted by Gasteiger charge is 2.28. The highest BCUT2D eigenvalue weighted by atomic mass is 16.6. The fraction of sp³-hybridized carbons (Fsp3) is 0.281. The summed E-state index contributed by atoms with van der Waals surface area (Å²) in [6, 6.07) is 18.6. The number of nitrogens with zero attached hydrogens (tertiary/aromatic N) is 4. The summed E-state index contributed by atoms with van der Waals surface area (Å²) >= 11 is 0. The Labute approximate surface area is 254 Å². The second-order valence-corrected chi connectivity index (χ2v) is 10.3. The van der Waals surface area contributed by atoms with E-state index in [0.717, 1.165) is 28.1 Å². The van der Waals surface area contributed by atoms with E-state index in [1.54, 1.807) is 9.58 Å². The molecule has 0 fully saturated rings. The summed E-state index contributed by atoms with van der Waals surface area (Å²) in [5.74, 6) is 5.61. The van der Waals surface area contributed by atoms with Crippen LogP contribution in [0.5, 0.6) is 17.2 Å². The number of amides is 2. The normalized spacial score (nSPS) is 11.8. The molecule has 0 saturated carbocycles. The molecule has 1 aliphatic rings. The molecular weight excluding hydrogens is 564 g/mol. The topological polar surface area (TPSA) is 151 Å². The number of para-hydroxylation sites is 1. The number of hydrogen-bond acceptors (Lipinski definition) is 9. The number of aryl methyl sites for hydroxylation is 1. The minimum Gasteiger partial charge on any atom is -0.493 e. The van der Waals surface area contributed by atoms with E-state index in [4.69, 9.17) is 20.2 Å². The Morgan fingerprint density at radius 2 is 1.73 bits per heavy atom. The third kappa shape index (κ3) is 6.25. The highest BCUT2D eigenvalue weighted by molar-refractivity contribution is 6.00. The Morgan fingerprint density at radius 1 is 0.977 bits per heavy atom. The van der Waals surface area contributed by atoms with Crippen LogP contribution < -0.4 is 30.4 Å². The molecule has 1 aromatic heterocycles. The maximum absolute atomic E-state index is 13.6.